The van der Waals surface area contributed by atoms with Crippen molar-refractivity contribution in [1.29, 1.82) is 0 Å². The first kappa shape index (κ1) is 24.9. The second kappa shape index (κ2) is 12.0. The average molecular weight is 472 g/mol. The van der Waals surface area contributed by atoms with Gasteiger partial charge in [0, 0.05) is 42.7 Å². The molecule has 8 heteroatoms. The number of carbonyl (C=O) groups excluding carboxylic acids is 2. The van der Waals surface area contributed by atoms with Gasteiger partial charge in [-0.1, -0.05) is 26.0 Å². The Hall–Kier alpha value is -2.71. The number of rotatable bonds is 9. The van der Waals surface area contributed by atoms with Crippen LogP contribution in [0.4, 0.5) is 5.69 Å². The lowest BCUT2D eigenvalue weighted by atomic mass is 9.92. The lowest BCUT2D eigenvalue weighted by molar-refractivity contribution is -0.138. The molecule has 0 unspecified atom stereocenters. The molecule has 2 amide bonds. The summed E-state index contributed by atoms with van der Waals surface area (Å²) in [6.45, 7) is 6.76. The summed E-state index contributed by atoms with van der Waals surface area (Å²) in [7, 11) is 0. The second-order valence-corrected chi connectivity index (χ2v) is 9.14. The predicted molar refractivity (Wildman–Crippen MR) is 132 cm³/mol. The molecule has 3 N–H and O–H groups in total. The van der Waals surface area contributed by atoms with Crippen LogP contribution in [0.2, 0.25) is 0 Å². The molecule has 1 heterocycles. The fourth-order valence-electron chi connectivity index (χ4n) is 3.73. The van der Waals surface area contributed by atoms with E-state index in [1.54, 1.807) is 29.2 Å². The number of carbonyl (C=O) groups is 2. The summed E-state index contributed by atoms with van der Waals surface area (Å²) in [5.41, 5.74) is 1.65. The summed E-state index contributed by atoms with van der Waals surface area (Å²) in [5.74, 6) is -0.432. The normalized spacial score (nSPS) is 15.7. The Balaban J connectivity index is 1.71. The average Bonchev–Trinajstić information content (AvgIpc) is 2.82. The minimum absolute atomic E-state index is 0.0447. The van der Waals surface area contributed by atoms with E-state index in [4.69, 9.17) is 4.74 Å². The zero-order valence-electron chi connectivity index (χ0n) is 19.2. The fraction of sp³-hybridized carbons (Fsp3) is 0.440. The summed E-state index contributed by atoms with van der Waals surface area (Å²) in [6.07, 6.45) is 0.105. The summed E-state index contributed by atoms with van der Waals surface area (Å²) < 4.78 is 5.35. The minimum Gasteiger partial charge on any atom is -0.508 e. The zero-order valence-corrected chi connectivity index (χ0v) is 20.1. The monoisotopic (exact) mass is 471 g/mol. The van der Waals surface area contributed by atoms with Gasteiger partial charge in [0.25, 0.3) is 0 Å². The van der Waals surface area contributed by atoms with Crippen molar-refractivity contribution in [3.05, 3.63) is 54.1 Å². The van der Waals surface area contributed by atoms with Crippen LogP contribution in [0, 0.1) is 5.92 Å². The number of hydrogen-bond acceptors (Lipinski definition) is 6. The molecule has 3 rings (SSSR count). The van der Waals surface area contributed by atoms with Crippen LogP contribution in [0.1, 0.15) is 31.7 Å². The Labute approximate surface area is 200 Å². The van der Waals surface area contributed by atoms with Gasteiger partial charge < -0.3 is 25.4 Å². The van der Waals surface area contributed by atoms with E-state index in [2.05, 4.69) is 23.3 Å². The van der Waals surface area contributed by atoms with Gasteiger partial charge in [-0.05, 0) is 47.9 Å². The molecule has 2 atom stereocenters. The number of thiol groups is 1. The van der Waals surface area contributed by atoms with Gasteiger partial charge in [0.05, 0.1) is 19.1 Å². The number of hydrogen-bond donors (Lipinski definition) is 4. The molecule has 0 spiro atoms. The van der Waals surface area contributed by atoms with Gasteiger partial charge in [-0.25, -0.2) is 0 Å². The maximum atomic E-state index is 13.4. The lowest BCUT2D eigenvalue weighted by Gasteiger charge is -2.30. The van der Waals surface area contributed by atoms with Crippen LogP contribution in [0.5, 0.6) is 5.75 Å². The molecule has 0 aliphatic carbocycles. The van der Waals surface area contributed by atoms with Crippen molar-refractivity contribution in [2.45, 2.75) is 37.1 Å². The molecule has 1 fully saturated rings. The number of ether oxygens (including phenoxy) is 1. The molecule has 7 nitrogen and oxygen atoms in total. The molecule has 2 aromatic rings. The first-order valence-corrected chi connectivity index (χ1v) is 11.8. The van der Waals surface area contributed by atoms with E-state index in [9.17, 15) is 14.7 Å². The summed E-state index contributed by atoms with van der Waals surface area (Å²) in [6, 6.07) is 14.1. The summed E-state index contributed by atoms with van der Waals surface area (Å²) in [4.78, 5) is 29.0. The van der Waals surface area contributed by atoms with Crippen LogP contribution >= 0.6 is 12.6 Å². The van der Waals surface area contributed by atoms with Gasteiger partial charge in [-0.2, -0.15) is 0 Å². The number of benzene rings is 2. The lowest BCUT2D eigenvalue weighted by Crippen LogP contribution is -2.47. The molecular weight excluding hydrogens is 438 g/mol. The highest BCUT2D eigenvalue weighted by Gasteiger charge is 2.29. The Morgan fingerprint density at radius 3 is 2.30 bits per heavy atom. The number of phenolic OH excluding ortho intramolecular Hbond substituents is 1. The van der Waals surface area contributed by atoms with Crippen molar-refractivity contribution >= 4 is 30.1 Å². The van der Waals surface area contributed by atoms with E-state index in [1.807, 2.05) is 38.1 Å². The number of phenols is 1. The standard InChI is InChI=1S/C25H33N3O4S/c1-17(2)23(16-26-19-5-7-20(29)8-6-19)27-25(31)22(18-3-9-21(33)10-4-18)15-24(30)28-11-13-32-14-12-28/h3-10,17,22-23,26,29,33H,11-16H2,1-2H3,(H,27,31)/t22-,23-/m1/s1. The van der Waals surface area contributed by atoms with Crippen molar-refractivity contribution in [3.63, 3.8) is 0 Å². The number of amides is 2. The van der Waals surface area contributed by atoms with Crippen LogP contribution in [0.3, 0.4) is 0 Å². The van der Waals surface area contributed by atoms with Gasteiger partial charge in [0.15, 0.2) is 0 Å². The van der Waals surface area contributed by atoms with Gasteiger partial charge in [0.2, 0.25) is 11.8 Å². The third kappa shape index (κ3) is 7.40. The summed E-state index contributed by atoms with van der Waals surface area (Å²) >= 11 is 4.34. The molecule has 0 radical (unpaired) electrons. The van der Waals surface area contributed by atoms with Crippen molar-refractivity contribution in [3.8, 4) is 5.75 Å². The molecular formula is C25H33N3O4S. The minimum atomic E-state index is -0.593. The number of morpholine rings is 1. The van der Waals surface area contributed by atoms with Crippen LogP contribution < -0.4 is 10.6 Å². The quantitative estimate of drug-likeness (QED) is 0.333. The van der Waals surface area contributed by atoms with Crippen molar-refractivity contribution < 1.29 is 19.4 Å². The van der Waals surface area contributed by atoms with E-state index >= 15 is 0 Å². The van der Waals surface area contributed by atoms with Gasteiger partial charge >= 0.3 is 0 Å². The van der Waals surface area contributed by atoms with E-state index in [0.717, 1.165) is 16.1 Å². The van der Waals surface area contributed by atoms with Crippen LogP contribution in [-0.2, 0) is 14.3 Å². The molecule has 1 saturated heterocycles. The smallest absolute Gasteiger partial charge is 0.228 e. The number of nitrogens with one attached hydrogen (secondary N) is 2. The second-order valence-electron chi connectivity index (χ2n) is 8.63. The molecule has 0 bridgehead atoms. The molecule has 33 heavy (non-hydrogen) atoms. The number of nitrogens with zero attached hydrogens (tertiary/aromatic N) is 1. The molecule has 2 aromatic carbocycles. The topological polar surface area (TPSA) is 90.9 Å². The van der Waals surface area contributed by atoms with E-state index in [-0.39, 0.29) is 35.9 Å². The first-order valence-electron chi connectivity index (χ1n) is 11.3. The highest BCUT2D eigenvalue weighted by atomic mass is 32.1. The van der Waals surface area contributed by atoms with Crippen LogP contribution in [-0.4, -0.2) is 60.7 Å². The van der Waals surface area contributed by atoms with Crippen LogP contribution in [0.15, 0.2) is 53.4 Å². The van der Waals surface area contributed by atoms with Crippen molar-refractivity contribution in [2.75, 3.05) is 38.2 Å². The fourth-order valence-corrected chi connectivity index (χ4v) is 3.88. The van der Waals surface area contributed by atoms with E-state index in [0.29, 0.717) is 32.8 Å². The zero-order chi connectivity index (χ0) is 23.8. The Morgan fingerprint density at radius 2 is 1.70 bits per heavy atom. The molecule has 1 aliphatic heterocycles. The van der Waals surface area contributed by atoms with E-state index < -0.39 is 5.92 Å². The Bertz CT molecular complexity index is 912. The maximum absolute atomic E-state index is 13.4. The molecule has 178 valence electrons. The third-order valence-corrected chi connectivity index (χ3v) is 6.18. The molecule has 0 saturated carbocycles. The molecule has 0 aromatic heterocycles. The van der Waals surface area contributed by atoms with Crippen molar-refractivity contribution in [1.82, 2.24) is 10.2 Å². The van der Waals surface area contributed by atoms with Gasteiger partial charge in [-0.3, -0.25) is 9.59 Å². The predicted octanol–water partition coefficient (Wildman–Crippen LogP) is 3.27. The number of anilines is 1. The molecule has 1 aliphatic rings. The maximum Gasteiger partial charge on any atom is 0.228 e. The van der Waals surface area contributed by atoms with Gasteiger partial charge in [-0.15, -0.1) is 12.6 Å². The summed E-state index contributed by atoms with van der Waals surface area (Å²) in [5, 5.41) is 15.9. The Morgan fingerprint density at radius 1 is 1.06 bits per heavy atom. The van der Waals surface area contributed by atoms with Crippen LogP contribution in [0.25, 0.3) is 0 Å². The first-order chi connectivity index (χ1) is 15.8. The van der Waals surface area contributed by atoms with E-state index in [1.165, 1.54) is 0 Å². The van der Waals surface area contributed by atoms with Gasteiger partial charge in [0.1, 0.15) is 5.75 Å². The Kier molecular flexibility index (Phi) is 9.03. The van der Waals surface area contributed by atoms with Crippen molar-refractivity contribution in [2.24, 2.45) is 5.92 Å². The largest absolute Gasteiger partial charge is 0.508 e. The highest BCUT2D eigenvalue weighted by molar-refractivity contribution is 7.80. The number of aromatic hydroxyl groups is 1. The third-order valence-electron chi connectivity index (χ3n) is 5.88. The SMILES string of the molecule is CC(C)[C@@H](CNc1ccc(O)cc1)NC(=O)[C@H](CC(=O)N1CCOCC1)c1ccc(S)cc1. The highest BCUT2D eigenvalue weighted by Crippen LogP contribution is 2.24.